The summed E-state index contributed by atoms with van der Waals surface area (Å²) < 4.78 is 16.6. The smallest absolute Gasteiger partial charge is 0.243 e. The lowest BCUT2D eigenvalue weighted by Crippen LogP contribution is -2.43. The van der Waals surface area contributed by atoms with Crippen molar-refractivity contribution in [2.75, 3.05) is 60.2 Å². The van der Waals surface area contributed by atoms with E-state index in [1.807, 2.05) is 6.92 Å². The highest BCUT2D eigenvalue weighted by Gasteiger charge is 2.30. The SMILES string of the molecule is CN(C)C(=O)CN=C(NCCC1(C)OCCO1)NCC1CCOC1. The number of guanidine groups is 1. The molecule has 8 nitrogen and oxygen atoms in total. The highest BCUT2D eigenvalue weighted by atomic mass is 16.7. The minimum Gasteiger partial charge on any atom is -0.381 e. The first-order valence-corrected chi connectivity index (χ1v) is 8.56. The molecule has 1 atom stereocenters. The van der Waals surface area contributed by atoms with Gasteiger partial charge in [0.2, 0.25) is 5.91 Å². The minimum atomic E-state index is -0.531. The van der Waals surface area contributed by atoms with Crippen LogP contribution in [0, 0.1) is 5.92 Å². The van der Waals surface area contributed by atoms with Crippen molar-refractivity contribution in [3.63, 3.8) is 0 Å². The first-order chi connectivity index (χ1) is 11.5. The molecule has 138 valence electrons. The Hall–Kier alpha value is -1.38. The topological polar surface area (TPSA) is 84.4 Å². The molecule has 0 bridgehead atoms. The first-order valence-electron chi connectivity index (χ1n) is 8.56. The third-order valence-corrected chi connectivity index (χ3v) is 4.22. The van der Waals surface area contributed by atoms with Crippen molar-refractivity contribution in [1.82, 2.24) is 15.5 Å². The molecule has 8 heteroatoms. The fourth-order valence-electron chi connectivity index (χ4n) is 2.56. The molecule has 2 rings (SSSR count). The average Bonchev–Trinajstić information content (AvgIpc) is 3.21. The molecule has 0 radical (unpaired) electrons. The summed E-state index contributed by atoms with van der Waals surface area (Å²) in [4.78, 5) is 17.7. The lowest BCUT2D eigenvalue weighted by Gasteiger charge is -2.23. The Kier molecular flexibility index (Phi) is 7.26. The number of hydrogen-bond acceptors (Lipinski definition) is 5. The van der Waals surface area contributed by atoms with Gasteiger partial charge in [0.15, 0.2) is 11.7 Å². The highest BCUT2D eigenvalue weighted by molar-refractivity contribution is 5.84. The largest absolute Gasteiger partial charge is 0.381 e. The van der Waals surface area contributed by atoms with Gasteiger partial charge in [0.05, 0.1) is 19.8 Å². The summed E-state index contributed by atoms with van der Waals surface area (Å²) in [7, 11) is 3.45. The van der Waals surface area contributed by atoms with Gasteiger partial charge < -0.3 is 29.7 Å². The van der Waals surface area contributed by atoms with Gasteiger partial charge in [-0.25, -0.2) is 4.99 Å². The number of nitrogens with zero attached hydrogens (tertiary/aromatic N) is 2. The number of nitrogens with one attached hydrogen (secondary N) is 2. The van der Waals surface area contributed by atoms with Crippen LogP contribution in [0.1, 0.15) is 19.8 Å². The molecule has 24 heavy (non-hydrogen) atoms. The van der Waals surface area contributed by atoms with Crippen LogP contribution in [0.25, 0.3) is 0 Å². The zero-order chi connectivity index (χ0) is 17.4. The van der Waals surface area contributed by atoms with Crippen LogP contribution in [-0.2, 0) is 19.0 Å². The van der Waals surface area contributed by atoms with Gasteiger partial charge in [-0.1, -0.05) is 0 Å². The van der Waals surface area contributed by atoms with E-state index in [0.717, 1.165) is 26.2 Å². The molecule has 2 saturated heterocycles. The third kappa shape index (κ3) is 6.26. The molecule has 0 aromatic heterocycles. The Balaban J connectivity index is 1.80. The van der Waals surface area contributed by atoms with Crippen LogP contribution in [0.4, 0.5) is 0 Å². The van der Waals surface area contributed by atoms with E-state index in [4.69, 9.17) is 14.2 Å². The van der Waals surface area contributed by atoms with Crippen molar-refractivity contribution in [2.24, 2.45) is 10.9 Å². The van der Waals surface area contributed by atoms with Crippen LogP contribution in [0.5, 0.6) is 0 Å². The molecule has 0 aromatic rings. The van der Waals surface area contributed by atoms with Gasteiger partial charge >= 0.3 is 0 Å². The van der Waals surface area contributed by atoms with E-state index < -0.39 is 5.79 Å². The van der Waals surface area contributed by atoms with Gasteiger partial charge in [-0.2, -0.15) is 0 Å². The van der Waals surface area contributed by atoms with E-state index in [0.29, 0.717) is 38.1 Å². The Bertz CT molecular complexity index is 430. The van der Waals surface area contributed by atoms with Gasteiger partial charge in [-0.3, -0.25) is 4.79 Å². The molecule has 1 amide bonds. The number of carbonyl (C=O) groups excluding carboxylic acids is 1. The predicted octanol–water partition coefficient (Wildman–Crippen LogP) is -0.201. The van der Waals surface area contributed by atoms with Gasteiger partial charge in [-0.15, -0.1) is 0 Å². The molecule has 2 N–H and O–H groups in total. The van der Waals surface area contributed by atoms with Crippen LogP contribution < -0.4 is 10.6 Å². The van der Waals surface area contributed by atoms with Crippen LogP contribution in [-0.4, -0.2) is 82.7 Å². The summed E-state index contributed by atoms with van der Waals surface area (Å²) in [6.07, 6.45) is 1.76. The van der Waals surface area contributed by atoms with E-state index in [9.17, 15) is 4.79 Å². The first kappa shape index (κ1) is 19.0. The number of rotatable bonds is 7. The number of amides is 1. The van der Waals surface area contributed by atoms with E-state index in [2.05, 4.69) is 15.6 Å². The van der Waals surface area contributed by atoms with Crippen LogP contribution in [0.3, 0.4) is 0 Å². The zero-order valence-electron chi connectivity index (χ0n) is 15.0. The lowest BCUT2D eigenvalue weighted by atomic mass is 10.1. The van der Waals surface area contributed by atoms with E-state index >= 15 is 0 Å². The Morgan fingerprint density at radius 1 is 1.25 bits per heavy atom. The molecule has 2 heterocycles. The summed E-state index contributed by atoms with van der Waals surface area (Å²) in [5, 5.41) is 6.56. The zero-order valence-corrected chi connectivity index (χ0v) is 15.0. The van der Waals surface area contributed by atoms with Crippen LogP contribution >= 0.6 is 0 Å². The van der Waals surface area contributed by atoms with Crippen molar-refractivity contribution < 1.29 is 19.0 Å². The van der Waals surface area contributed by atoms with Crippen molar-refractivity contribution in [2.45, 2.75) is 25.6 Å². The lowest BCUT2D eigenvalue weighted by molar-refractivity contribution is -0.145. The van der Waals surface area contributed by atoms with Crippen molar-refractivity contribution in [3.05, 3.63) is 0 Å². The normalized spacial score (nSPS) is 23.3. The molecule has 0 spiro atoms. The molecule has 2 aliphatic heterocycles. The summed E-state index contributed by atoms with van der Waals surface area (Å²) in [6.45, 7) is 6.36. The summed E-state index contributed by atoms with van der Waals surface area (Å²) >= 11 is 0. The number of carbonyl (C=O) groups is 1. The van der Waals surface area contributed by atoms with Gasteiger partial charge in [0, 0.05) is 46.1 Å². The Morgan fingerprint density at radius 3 is 2.62 bits per heavy atom. The van der Waals surface area contributed by atoms with Crippen LogP contribution in [0.2, 0.25) is 0 Å². The maximum absolute atomic E-state index is 11.7. The summed E-state index contributed by atoms with van der Waals surface area (Å²) in [6, 6.07) is 0. The van der Waals surface area contributed by atoms with Crippen molar-refractivity contribution in [1.29, 1.82) is 0 Å². The number of aliphatic imine (C=N–C) groups is 1. The Morgan fingerprint density at radius 2 is 2.00 bits per heavy atom. The minimum absolute atomic E-state index is 0.0327. The van der Waals surface area contributed by atoms with Crippen molar-refractivity contribution in [3.8, 4) is 0 Å². The fraction of sp³-hybridized carbons (Fsp3) is 0.875. The third-order valence-electron chi connectivity index (χ3n) is 4.22. The van der Waals surface area contributed by atoms with Gasteiger partial charge in [0.1, 0.15) is 6.54 Å². The molecule has 0 aromatic carbocycles. The van der Waals surface area contributed by atoms with Gasteiger partial charge in [0.25, 0.3) is 0 Å². The molecule has 2 fully saturated rings. The van der Waals surface area contributed by atoms with E-state index in [-0.39, 0.29) is 12.5 Å². The fourth-order valence-corrected chi connectivity index (χ4v) is 2.56. The predicted molar refractivity (Wildman–Crippen MR) is 90.9 cm³/mol. The number of likely N-dealkylation sites (N-methyl/N-ethyl adjacent to an activating group) is 1. The van der Waals surface area contributed by atoms with Crippen LogP contribution in [0.15, 0.2) is 4.99 Å². The average molecular weight is 342 g/mol. The second-order valence-electron chi connectivity index (χ2n) is 6.57. The second-order valence-corrected chi connectivity index (χ2v) is 6.57. The molecular formula is C16H30N4O4. The maximum atomic E-state index is 11.7. The van der Waals surface area contributed by atoms with E-state index in [1.165, 1.54) is 4.90 Å². The molecular weight excluding hydrogens is 312 g/mol. The van der Waals surface area contributed by atoms with Crippen molar-refractivity contribution >= 4 is 11.9 Å². The maximum Gasteiger partial charge on any atom is 0.243 e. The highest BCUT2D eigenvalue weighted by Crippen LogP contribution is 2.21. The molecule has 0 aliphatic carbocycles. The molecule has 0 saturated carbocycles. The quantitative estimate of drug-likeness (QED) is 0.492. The summed E-state index contributed by atoms with van der Waals surface area (Å²) in [5.74, 6) is 0.561. The number of hydrogen-bond donors (Lipinski definition) is 2. The molecule has 2 aliphatic rings. The standard InChI is InChI=1S/C16H30N4O4/c1-16(23-8-9-24-16)5-6-17-15(19-11-14(21)20(2)3)18-10-13-4-7-22-12-13/h13H,4-12H2,1-3H3,(H2,17,18,19). The van der Waals surface area contributed by atoms with Gasteiger partial charge in [-0.05, 0) is 13.3 Å². The second kappa shape index (κ2) is 9.19. The molecule has 1 unspecified atom stereocenters. The number of ether oxygens (including phenoxy) is 3. The summed E-state index contributed by atoms with van der Waals surface area (Å²) in [5.41, 5.74) is 0. The Labute approximate surface area is 143 Å². The monoisotopic (exact) mass is 342 g/mol. The van der Waals surface area contributed by atoms with E-state index in [1.54, 1.807) is 14.1 Å².